The summed E-state index contributed by atoms with van der Waals surface area (Å²) >= 11 is 0. The molecule has 0 aliphatic carbocycles. The Morgan fingerprint density at radius 3 is 2.52 bits per heavy atom. The van der Waals surface area contributed by atoms with Crippen molar-refractivity contribution in [2.24, 2.45) is 0 Å². The fourth-order valence-corrected chi connectivity index (χ4v) is 5.34. The Balaban J connectivity index is 1.30. The van der Waals surface area contributed by atoms with E-state index < -0.39 is 20.2 Å². The highest BCUT2D eigenvalue weighted by Gasteiger charge is 2.47. The molecule has 13 heteroatoms. The number of nitrogens with zero attached hydrogens (tertiary/aromatic N) is 4. The summed E-state index contributed by atoms with van der Waals surface area (Å²) < 4.78 is 62.7. The molecule has 1 aliphatic heterocycles. The number of piperazine rings is 1. The Bertz CT molecular complexity index is 1820. The van der Waals surface area contributed by atoms with Gasteiger partial charge in [-0.1, -0.05) is 12.0 Å². The lowest BCUT2D eigenvalue weighted by Gasteiger charge is -2.32. The van der Waals surface area contributed by atoms with Crippen LogP contribution >= 0.6 is 0 Å². The maximum atomic E-state index is 13.0. The Morgan fingerprint density at radius 2 is 1.81 bits per heavy atom. The largest absolute Gasteiger partial charge is 0.501 e. The van der Waals surface area contributed by atoms with Crippen LogP contribution in [0.4, 0.5) is 18.9 Å². The first kappa shape index (κ1) is 29.2. The summed E-state index contributed by atoms with van der Waals surface area (Å²) in [6, 6.07) is 10.2. The molecule has 0 radical (unpaired) electrons. The van der Waals surface area contributed by atoms with E-state index in [1.54, 1.807) is 0 Å². The Morgan fingerprint density at radius 1 is 1.05 bits per heavy atom. The van der Waals surface area contributed by atoms with Gasteiger partial charge in [0.25, 0.3) is 15.7 Å². The predicted molar refractivity (Wildman–Crippen MR) is 151 cm³/mol. The van der Waals surface area contributed by atoms with Crippen molar-refractivity contribution in [3.63, 3.8) is 0 Å². The van der Waals surface area contributed by atoms with Crippen LogP contribution in [0.5, 0.6) is 0 Å². The Labute approximate surface area is 240 Å². The molecule has 3 heterocycles. The van der Waals surface area contributed by atoms with Gasteiger partial charge in [0, 0.05) is 61.8 Å². The fraction of sp³-hybridized carbons (Fsp3) is 0.276. The molecule has 1 fully saturated rings. The van der Waals surface area contributed by atoms with E-state index in [0.29, 0.717) is 11.3 Å². The zero-order valence-corrected chi connectivity index (χ0v) is 23.6. The number of likely N-dealkylation sites (N-methyl/N-ethyl adjacent to an activating group) is 1. The van der Waals surface area contributed by atoms with Crippen molar-refractivity contribution < 1.29 is 26.4 Å². The maximum Gasteiger partial charge on any atom is 0.501 e. The van der Waals surface area contributed by atoms with Gasteiger partial charge in [0.15, 0.2) is 0 Å². The Kier molecular flexibility index (Phi) is 8.05. The monoisotopic (exact) mass is 596 g/mol. The van der Waals surface area contributed by atoms with Crippen LogP contribution < -0.4 is 5.32 Å². The molecule has 42 heavy (non-hydrogen) atoms. The normalized spacial score (nSPS) is 14.9. The number of aromatic nitrogens is 3. The van der Waals surface area contributed by atoms with E-state index in [-0.39, 0.29) is 28.1 Å². The number of fused-ring (bicyclic) bond motifs is 1. The minimum absolute atomic E-state index is 0.112. The van der Waals surface area contributed by atoms with Gasteiger partial charge in [0.2, 0.25) is 0 Å². The summed E-state index contributed by atoms with van der Waals surface area (Å²) in [5.74, 6) is 5.16. The van der Waals surface area contributed by atoms with Gasteiger partial charge >= 0.3 is 5.51 Å². The van der Waals surface area contributed by atoms with E-state index >= 15 is 0 Å². The lowest BCUT2D eigenvalue weighted by molar-refractivity contribution is -0.0436. The van der Waals surface area contributed by atoms with Crippen LogP contribution in [0.15, 0.2) is 59.8 Å². The first-order chi connectivity index (χ1) is 19.9. The van der Waals surface area contributed by atoms with Gasteiger partial charge in [-0.2, -0.15) is 18.3 Å². The number of carbonyl (C=O) groups is 1. The standard InChI is InChI=1S/C29H27F3N6O3S/c1-19-13-23(5-4-21(19)18-38-11-9-37(2)10-12-38)34-28(39)22-14-20(16-33-17-22)3-7-26-25-15-24(6-8-27(25)36-35-26)42(40,41)29(30,31)32/h4-6,8,13-17H,9-12,18H2,1-2H3,(H,34,39)(H,35,36). The average molecular weight is 597 g/mol. The summed E-state index contributed by atoms with van der Waals surface area (Å²) in [5.41, 5.74) is -1.54. The number of aryl methyl sites for hydroxylation is 1. The fourth-order valence-electron chi connectivity index (χ4n) is 4.55. The number of pyridine rings is 1. The second kappa shape index (κ2) is 11.6. The number of rotatable bonds is 5. The first-order valence-corrected chi connectivity index (χ1v) is 14.5. The van der Waals surface area contributed by atoms with Crippen LogP contribution in [0.2, 0.25) is 0 Å². The summed E-state index contributed by atoms with van der Waals surface area (Å²) in [7, 11) is -3.41. The van der Waals surface area contributed by atoms with Gasteiger partial charge < -0.3 is 10.2 Å². The summed E-state index contributed by atoms with van der Waals surface area (Å²) in [5, 5.41) is 9.56. The van der Waals surface area contributed by atoms with Crippen LogP contribution in [0.3, 0.4) is 0 Å². The van der Waals surface area contributed by atoms with Gasteiger partial charge in [0.05, 0.1) is 16.0 Å². The number of aromatic amines is 1. The van der Waals surface area contributed by atoms with Crippen molar-refractivity contribution in [2.45, 2.75) is 23.9 Å². The number of sulfone groups is 1. The Hall–Kier alpha value is -4.25. The maximum absolute atomic E-state index is 13.0. The predicted octanol–water partition coefficient (Wildman–Crippen LogP) is 3.96. The van der Waals surface area contributed by atoms with E-state index in [4.69, 9.17) is 0 Å². The molecule has 5 rings (SSSR count). The van der Waals surface area contributed by atoms with Gasteiger partial charge in [-0.25, -0.2) is 8.42 Å². The number of anilines is 1. The van der Waals surface area contributed by atoms with Crippen LogP contribution in [-0.2, 0) is 16.4 Å². The minimum Gasteiger partial charge on any atom is -0.322 e. The molecular formula is C29H27F3N6O3S. The smallest absolute Gasteiger partial charge is 0.322 e. The second-order valence-corrected chi connectivity index (χ2v) is 12.1. The molecule has 1 saturated heterocycles. The molecule has 4 aromatic rings. The van der Waals surface area contributed by atoms with Crippen molar-refractivity contribution >= 4 is 32.3 Å². The van der Waals surface area contributed by atoms with Crippen molar-refractivity contribution in [2.75, 3.05) is 38.5 Å². The molecular weight excluding hydrogens is 569 g/mol. The van der Waals surface area contributed by atoms with Gasteiger partial charge in [0.1, 0.15) is 5.69 Å². The van der Waals surface area contributed by atoms with Crippen molar-refractivity contribution in [1.29, 1.82) is 0 Å². The third-order valence-electron chi connectivity index (χ3n) is 7.06. The number of amides is 1. The second-order valence-electron chi connectivity index (χ2n) is 10.1. The van der Waals surface area contributed by atoms with Crippen molar-refractivity contribution in [1.82, 2.24) is 25.0 Å². The number of benzene rings is 2. The number of hydrogen-bond donors (Lipinski definition) is 2. The molecule has 0 bridgehead atoms. The van der Waals surface area contributed by atoms with Crippen LogP contribution in [0, 0.1) is 18.8 Å². The molecule has 2 aromatic carbocycles. The zero-order valence-electron chi connectivity index (χ0n) is 22.8. The number of H-pyrrole nitrogens is 1. The van der Waals surface area contributed by atoms with Crippen LogP contribution in [0.25, 0.3) is 10.9 Å². The van der Waals surface area contributed by atoms with Crippen molar-refractivity contribution in [3.8, 4) is 11.8 Å². The molecule has 1 aliphatic rings. The third-order valence-corrected chi connectivity index (χ3v) is 8.55. The van der Waals surface area contributed by atoms with E-state index in [9.17, 15) is 26.4 Å². The lowest BCUT2D eigenvalue weighted by atomic mass is 10.1. The van der Waals surface area contributed by atoms with E-state index in [1.807, 2.05) is 25.1 Å². The van der Waals surface area contributed by atoms with Gasteiger partial charge in [-0.05, 0) is 67.4 Å². The van der Waals surface area contributed by atoms with Gasteiger partial charge in [-0.3, -0.25) is 19.8 Å². The third kappa shape index (κ3) is 6.30. The number of nitrogens with one attached hydrogen (secondary N) is 2. The SMILES string of the molecule is Cc1cc(NC(=O)c2cncc(C#Cc3[nH]nc4ccc(S(=O)(=O)C(F)(F)F)cc34)c2)ccc1CN1CCN(C)CC1. The summed E-state index contributed by atoms with van der Waals surface area (Å²) in [4.78, 5) is 20.8. The molecule has 0 spiro atoms. The summed E-state index contributed by atoms with van der Waals surface area (Å²) in [6.45, 7) is 6.96. The molecule has 0 unspecified atom stereocenters. The van der Waals surface area contributed by atoms with Crippen molar-refractivity contribution in [3.05, 3.63) is 82.8 Å². The lowest BCUT2D eigenvalue weighted by Crippen LogP contribution is -2.43. The number of carbonyl (C=O) groups excluding carboxylic acids is 1. The molecule has 2 aromatic heterocycles. The molecule has 2 N–H and O–H groups in total. The zero-order chi connectivity index (χ0) is 30.1. The highest BCUT2D eigenvalue weighted by atomic mass is 32.2. The minimum atomic E-state index is -5.53. The number of hydrogen-bond acceptors (Lipinski definition) is 7. The van der Waals surface area contributed by atoms with Gasteiger partial charge in [-0.15, -0.1) is 0 Å². The molecule has 0 atom stereocenters. The highest BCUT2D eigenvalue weighted by Crippen LogP contribution is 2.32. The van der Waals surface area contributed by atoms with Crippen LogP contribution in [-0.4, -0.2) is 78.0 Å². The molecule has 9 nitrogen and oxygen atoms in total. The molecule has 0 saturated carbocycles. The molecule has 218 valence electrons. The van der Waals surface area contributed by atoms with Crippen LogP contribution in [0.1, 0.15) is 32.7 Å². The number of alkyl halides is 3. The van der Waals surface area contributed by atoms with E-state index in [1.165, 1.54) is 30.1 Å². The average Bonchev–Trinajstić information content (AvgIpc) is 3.36. The molecule has 1 amide bonds. The summed E-state index contributed by atoms with van der Waals surface area (Å²) in [6.07, 6.45) is 2.83. The quantitative estimate of drug-likeness (QED) is 0.336. The van der Waals surface area contributed by atoms with E-state index in [0.717, 1.165) is 50.4 Å². The number of halogens is 3. The first-order valence-electron chi connectivity index (χ1n) is 13.0. The topological polar surface area (TPSA) is 111 Å². The highest BCUT2D eigenvalue weighted by molar-refractivity contribution is 7.92. The van der Waals surface area contributed by atoms with E-state index in [2.05, 4.69) is 49.2 Å².